The van der Waals surface area contributed by atoms with Gasteiger partial charge in [0.2, 0.25) is 16.9 Å². The Labute approximate surface area is 374 Å². The fourth-order valence-corrected chi connectivity index (χ4v) is 3.49. The summed E-state index contributed by atoms with van der Waals surface area (Å²) in [5, 5.41) is 11.2. The van der Waals surface area contributed by atoms with Crippen molar-refractivity contribution in [3.63, 3.8) is 0 Å². The third-order valence-electron chi connectivity index (χ3n) is 4.15. The summed E-state index contributed by atoms with van der Waals surface area (Å²) >= 11 is 6.25. The molecule has 47 heavy (non-hydrogen) atoms. The summed E-state index contributed by atoms with van der Waals surface area (Å²) in [5.74, 6) is -1.99. The van der Waals surface area contributed by atoms with Gasteiger partial charge in [0.1, 0.15) is 26.8 Å². The first-order valence-corrected chi connectivity index (χ1v) is 13.7. The van der Waals surface area contributed by atoms with E-state index < -0.39 is 41.3 Å². The van der Waals surface area contributed by atoms with Gasteiger partial charge in [0.25, 0.3) is 6.47 Å². The van der Waals surface area contributed by atoms with Gasteiger partial charge in [-0.05, 0) is 66.5 Å². The van der Waals surface area contributed by atoms with Gasteiger partial charge in [0.05, 0.1) is 32.8 Å². The van der Waals surface area contributed by atoms with Crippen molar-refractivity contribution in [2.24, 2.45) is 0 Å². The molecule has 0 fully saturated rings. The molecule has 22 heteroatoms. The van der Waals surface area contributed by atoms with Crippen LogP contribution in [0, 0.1) is 0 Å². The molecule has 3 heterocycles. The second kappa shape index (κ2) is 27.9. The molecule has 2 N–H and O–H groups in total. The first-order chi connectivity index (χ1) is 21.7. The average molecular weight is 854 g/mol. The van der Waals surface area contributed by atoms with Gasteiger partial charge in [-0.2, -0.15) is 0 Å². The largest absolute Gasteiger partial charge is 1.00 e. The van der Waals surface area contributed by atoms with Crippen molar-refractivity contribution < 1.29 is 158 Å². The van der Waals surface area contributed by atoms with E-state index in [0.717, 1.165) is 4.68 Å². The van der Waals surface area contributed by atoms with E-state index in [9.17, 15) is 28.4 Å². The van der Waals surface area contributed by atoms with Crippen LogP contribution in [0.5, 0.6) is 0 Å². The SMILES string of the molecule is CCOC(=O)CC(=O)c1nc(Br)cn1NC(=O)OC(C)(C)C.CCOC(=O)c1c[nH]n2cc(Br)nc2c1=O.CF.O=CO[O-].[2H]C.[H-].[K+].[K+]. The Hall–Kier alpha value is -0.897. The maximum absolute atomic E-state index is 12.0. The zero-order chi connectivity index (χ0) is 36.0. The monoisotopic (exact) mass is 851 g/mol. The van der Waals surface area contributed by atoms with Crippen LogP contribution in [0.25, 0.3) is 5.65 Å². The van der Waals surface area contributed by atoms with Gasteiger partial charge in [-0.3, -0.25) is 28.7 Å². The molecule has 3 aromatic heterocycles. The van der Waals surface area contributed by atoms with Crippen LogP contribution in [-0.2, 0) is 28.7 Å². The average Bonchev–Trinajstić information content (AvgIpc) is 3.56. The first-order valence-electron chi connectivity index (χ1n) is 13.1. The fraction of sp³-hybridized carbons (Fsp3) is 0.440. The number of ketones is 1. The fourth-order valence-electron chi connectivity index (χ4n) is 2.75. The van der Waals surface area contributed by atoms with Crippen molar-refractivity contribution in [1.82, 2.24) is 24.3 Å². The molecule has 0 bridgehead atoms. The topological polar surface area (TPSA) is 225 Å². The number of nitrogens with zero attached hydrogens (tertiary/aromatic N) is 4. The van der Waals surface area contributed by atoms with Gasteiger partial charge >= 0.3 is 121 Å². The van der Waals surface area contributed by atoms with Crippen LogP contribution in [0.4, 0.5) is 9.18 Å². The smallest absolute Gasteiger partial charge is 1.00 e. The molecule has 0 saturated carbocycles. The van der Waals surface area contributed by atoms with E-state index in [0.29, 0.717) is 16.4 Å². The molecule has 3 aromatic rings. The Morgan fingerprint density at radius 1 is 1.11 bits per heavy atom. The van der Waals surface area contributed by atoms with Crippen molar-refractivity contribution in [3.8, 4) is 0 Å². The van der Waals surface area contributed by atoms with Gasteiger partial charge in [0, 0.05) is 7.57 Å². The summed E-state index contributed by atoms with van der Waals surface area (Å²) in [7, 11) is 1.75. The predicted octanol–water partition coefficient (Wildman–Crippen LogP) is -3.00. The number of rotatable bonds is 8. The Morgan fingerprint density at radius 2 is 1.64 bits per heavy atom. The number of halogens is 3. The minimum absolute atomic E-state index is 0. The number of Topliss-reactive ketones (excluding diaryl/α,β-unsaturated/α-hetero) is 1. The number of fused-ring (bicyclic) bond motifs is 1. The van der Waals surface area contributed by atoms with E-state index in [4.69, 9.17) is 25.6 Å². The van der Waals surface area contributed by atoms with E-state index in [2.05, 4.69) is 57.2 Å². The summed E-state index contributed by atoms with van der Waals surface area (Å²) in [5.41, 5.74) is 1.33. The number of H-pyrrole nitrogens is 1. The van der Waals surface area contributed by atoms with E-state index >= 15 is 0 Å². The number of amides is 1. The van der Waals surface area contributed by atoms with Gasteiger partial charge < -0.3 is 25.8 Å². The zero-order valence-corrected chi connectivity index (χ0v) is 36.8. The van der Waals surface area contributed by atoms with E-state index in [1.165, 1.54) is 24.3 Å². The molecule has 0 aliphatic carbocycles. The van der Waals surface area contributed by atoms with Gasteiger partial charge in [-0.1, -0.05) is 7.40 Å². The van der Waals surface area contributed by atoms with Crippen molar-refractivity contribution in [2.45, 2.75) is 54.0 Å². The molecule has 0 unspecified atom stereocenters. The quantitative estimate of drug-likeness (QED) is 0.0338. The summed E-state index contributed by atoms with van der Waals surface area (Å²) in [6.07, 6.45) is 3.06. The zero-order valence-electron chi connectivity index (χ0n) is 29.3. The molecule has 0 radical (unpaired) electrons. The maximum Gasteiger partial charge on any atom is 1.00 e. The summed E-state index contributed by atoms with van der Waals surface area (Å²) < 4.78 is 33.2. The number of hydrogen-bond acceptors (Lipinski definition) is 13. The van der Waals surface area contributed by atoms with Crippen LogP contribution >= 0.6 is 31.9 Å². The number of hydrogen-bond donors (Lipinski definition) is 2. The van der Waals surface area contributed by atoms with Crippen molar-refractivity contribution >= 4 is 67.8 Å². The molecule has 0 aromatic carbocycles. The molecule has 1 amide bonds. The third kappa shape index (κ3) is 20.4. The number of aromatic nitrogens is 5. The second-order valence-corrected chi connectivity index (χ2v) is 10.1. The molecule has 0 saturated heterocycles. The summed E-state index contributed by atoms with van der Waals surface area (Å²) in [6.45, 7) is 8.68. The third-order valence-corrected chi connectivity index (χ3v) is 4.92. The van der Waals surface area contributed by atoms with Crippen LogP contribution in [0.3, 0.4) is 0 Å². The minimum Gasteiger partial charge on any atom is -1.00 e. The number of esters is 2. The van der Waals surface area contributed by atoms with E-state index in [-0.39, 0.29) is 141 Å². The number of nitrogens with one attached hydrogen (secondary N) is 2. The summed E-state index contributed by atoms with van der Waals surface area (Å²) in [4.78, 5) is 77.5. The number of aromatic amines is 1. The molecule has 0 atom stereocenters. The van der Waals surface area contributed by atoms with Crippen molar-refractivity contribution in [3.05, 3.63) is 49.4 Å². The predicted molar refractivity (Wildman–Crippen MR) is 163 cm³/mol. The molecule has 3 rings (SSSR count). The van der Waals surface area contributed by atoms with Crippen LogP contribution in [-0.4, -0.2) is 80.5 Å². The van der Waals surface area contributed by atoms with Gasteiger partial charge in [-0.15, -0.1) is 0 Å². The maximum atomic E-state index is 12.0. The van der Waals surface area contributed by atoms with Crippen LogP contribution < -0.4 is 119 Å². The normalized spacial score (nSPS) is 9.47. The van der Waals surface area contributed by atoms with E-state index in [1.54, 1.807) is 40.8 Å². The molecule has 0 aliphatic rings. The molecule has 0 spiro atoms. The number of ether oxygens (including phenoxy) is 3. The number of alkyl halides is 1. The molecule has 254 valence electrons. The Balaban J connectivity index is -0.000000211. The summed E-state index contributed by atoms with van der Waals surface area (Å²) in [6, 6.07) is 0. The number of imidazole rings is 2. The van der Waals surface area contributed by atoms with Gasteiger partial charge in [-0.25, -0.2) is 34.2 Å². The van der Waals surface area contributed by atoms with Crippen LogP contribution in [0.2, 0.25) is 0 Å². The Bertz CT molecular complexity index is 1490. The van der Waals surface area contributed by atoms with E-state index in [1.807, 2.05) is 0 Å². The number of carbonyl (C=O) groups excluding carboxylic acids is 5. The Kier molecular flexibility index (Phi) is 29.9. The minimum atomic E-state index is -0.748. The molecule has 17 nitrogen and oxygen atoms in total. The van der Waals surface area contributed by atoms with Crippen molar-refractivity contribution in [1.29, 1.82) is 0 Å². The van der Waals surface area contributed by atoms with Crippen LogP contribution in [0.1, 0.15) is 72.2 Å². The molecular formula is C25H35Br2FK2N6O11. The van der Waals surface area contributed by atoms with Crippen molar-refractivity contribution in [2.75, 3.05) is 25.8 Å². The molecule has 0 aliphatic heterocycles. The van der Waals surface area contributed by atoms with Gasteiger partial charge in [0.15, 0.2) is 5.82 Å². The van der Waals surface area contributed by atoms with Crippen LogP contribution in [0.15, 0.2) is 32.6 Å². The number of carbonyl (C=O) groups is 5. The standard InChI is InChI=1S/C13H18BrN3O5.C9H8BrN3O3.CH3F.CH2O3.CH4.2K.H/c1-5-21-10(19)6-8(18)11-15-9(14)7-17(11)16-12(20)22-13(2,3)4;1-2-16-9(15)5-3-11-13-4-6(10)12-8(13)7(5)14;1-2;2-1-4-3;;;;/h7H,5-6H2,1-4H3,(H,16,20);3-4,11H,2H2,1H3;1H3;1,3H;1H4;;;/q;;;;;2*+1;-1/p-1/i;;;;1D;;;. The first kappa shape index (κ1) is 50.5. The second-order valence-electron chi connectivity index (χ2n) is 8.46. The molecular weight excluding hydrogens is 817 g/mol. The Morgan fingerprint density at radius 3 is 2.13 bits per heavy atom.